The SMILES string of the molecule is COc1ccc(N=C2NC(=O)/C(=C\c3ccc(-c4cc(Cl)ccc4Cl)o3)S2)c(OC)c1. The molecule has 2 heterocycles. The van der Waals surface area contributed by atoms with Crippen molar-refractivity contribution in [2.24, 2.45) is 4.99 Å². The van der Waals surface area contributed by atoms with Gasteiger partial charge in [-0.2, -0.15) is 0 Å². The molecule has 4 rings (SSSR count). The number of amides is 1. The van der Waals surface area contributed by atoms with Crippen molar-refractivity contribution in [1.82, 2.24) is 5.32 Å². The van der Waals surface area contributed by atoms with E-state index in [4.69, 9.17) is 37.1 Å². The Bertz CT molecular complexity index is 1220. The third-order valence-corrected chi connectivity index (χ3v) is 5.83. The van der Waals surface area contributed by atoms with Crippen molar-refractivity contribution in [2.75, 3.05) is 14.2 Å². The molecule has 1 aromatic heterocycles. The molecule has 1 fully saturated rings. The van der Waals surface area contributed by atoms with Gasteiger partial charge in [0.2, 0.25) is 0 Å². The largest absolute Gasteiger partial charge is 0.497 e. The maximum absolute atomic E-state index is 12.4. The van der Waals surface area contributed by atoms with Crippen LogP contribution in [0, 0.1) is 0 Å². The van der Waals surface area contributed by atoms with E-state index in [9.17, 15) is 4.79 Å². The van der Waals surface area contributed by atoms with Gasteiger partial charge in [-0.1, -0.05) is 23.2 Å². The normalized spacial score (nSPS) is 16.1. The van der Waals surface area contributed by atoms with Crippen molar-refractivity contribution >= 4 is 57.8 Å². The van der Waals surface area contributed by atoms with Crippen LogP contribution in [-0.2, 0) is 4.79 Å². The Hall–Kier alpha value is -2.87. The number of nitrogens with one attached hydrogen (secondary N) is 1. The first-order valence-corrected chi connectivity index (χ1v) is 10.6. The van der Waals surface area contributed by atoms with Crippen molar-refractivity contribution in [3.05, 3.63) is 69.2 Å². The zero-order valence-electron chi connectivity index (χ0n) is 16.4. The van der Waals surface area contributed by atoms with E-state index in [1.54, 1.807) is 68.8 Å². The minimum atomic E-state index is -0.269. The maximum atomic E-state index is 12.4. The minimum Gasteiger partial charge on any atom is -0.497 e. The average molecular weight is 475 g/mol. The molecule has 0 atom stereocenters. The van der Waals surface area contributed by atoms with Crippen LogP contribution in [0.3, 0.4) is 0 Å². The van der Waals surface area contributed by atoms with Gasteiger partial charge >= 0.3 is 0 Å². The lowest BCUT2D eigenvalue weighted by molar-refractivity contribution is -0.115. The van der Waals surface area contributed by atoms with Gasteiger partial charge in [0.1, 0.15) is 28.7 Å². The van der Waals surface area contributed by atoms with Crippen molar-refractivity contribution in [2.45, 2.75) is 0 Å². The van der Waals surface area contributed by atoms with Gasteiger partial charge in [-0.25, -0.2) is 4.99 Å². The van der Waals surface area contributed by atoms with Crippen molar-refractivity contribution < 1.29 is 18.7 Å². The van der Waals surface area contributed by atoms with Crippen LogP contribution in [0.25, 0.3) is 17.4 Å². The number of methoxy groups -OCH3 is 2. The highest BCUT2D eigenvalue weighted by Crippen LogP contribution is 2.36. The molecule has 0 spiro atoms. The summed E-state index contributed by atoms with van der Waals surface area (Å²) in [5.74, 6) is 1.98. The highest BCUT2D eigenvalue weighted by molar-refractivity contribution is 8.18. The summed E-state index contributed by atoms with van der Waals surface area (Å²) in [6.07, 6.45) is 1.65. The molecule has 1 amide bonds. The summed E-state index contributed by atoms with van der Waals surface area (Å²) >= 11 is 13.5. The Morgan fingerprint density at radius 2 is 1.90 bits per heavy atom. The molecule has 2 aromatic carbocycles. The lowest BCUT2D eigenvalue weighted by Gasteiger charge is -2.07. The number of amidine groups is 1. The molecule has 0 bridgehead atoms. The van der Waals surface area contributed by atoms with E-state index < -0.39 is 0 Å². The molecule has 0 unspecified atom stereocenters. The van der Waals surface area contributed by atoms with E-state index >= 15 is 0 Å². The zero-order chi connectivity index (χ0) is 22.0. The fourth-order valence-corrected chi connectivity index (χ4v) is 4.06. The molecule has 0 saturated carbocycles. The van der Waals surface area contributed by atoms with Crippen LogP contribution in [-0.4, -0.2) is 25.3 Å². The summed E-state index contributed by atoms with van der Waals surface area (Å²) in [7, 11) is 3.12. The number of carbonyl (C=O) groups excluding carboxylic acids is 1. The zero-order valence-corrected chi connectivity index (χ0v) is 18.8. The van der Waals surface area contributed by atoms with Gasteiger partial charge in [0.25, 0.3) is 5.91 Å². The second-order valence-corrected chi connectivity index (χ2v) is 8.22. The first kappa shape index (κ1) is 21.4. The number of halogens is 2. The lowest BCUT2D eigenvalue weighted by atomic mass is 10.2. The van der Waals surface area contributed by atoms with Crippen LogP contribution in [0.5, 0.6) is 11.5 Å². The second-order valence-electron chi connectivity index (χ2n) is 6.35. The Labute approximate surface area is 192 Å². The van der Waals surface area contributed by atoms with Crippen molar-refractivity contribution in [3.63, 3.8) is 0 Å². The topological polar surface area (TPSA) is 73.1 Å². The van der Waals surface area contributed by atoms with Crippen LogP contribution < -0.4 is 14.8 Å². The van der Waals surface area contributed by atoms with Gasteiger partial charge in [-0.3, -0.25) is 4.79 Å². The van der Waals surface area contributed by atoms with Crippen molar-refractivity contribution in [1.29, 1.82) is 0 Å². The Kier molecular flexibility index (Phi) is 6.27. The number of carbonyl (C=O) groups is 1. The van der Waals surface area contributed by atoms with E-state index in [0.717, 1.165) is 0 Å². The minimum absolute atomic E-state index is 0.269. The Balaban J connectivity index is 1.57. The third-order valence-electron chi connectivity index (χ3n) is 4.35. The van der Waals surface area contributed by atoms with Gasteiger partial charge < -0.3 is 19.2 Å². The highest BCUT2D eigenvalue weighted by Gasteiger charge is 2.25. The molecule has 31 heavy (non-hydrogen) atoms. The quantitative estimate of drug-likeness (QED) is 0.448. The molecule has 1 N–H and O–H groups in total. The fourth-order valence-electron chi connectivity index (χ4n) is 2.86. The third kappa shape index (κ3) is 4.74. The van der Waals surface area contributed by atoms with Gasteiger partial charge in [-0.15, -0.1) is 0 Å². The number of ether oxygens (including phenoxy) is 2. The summed E-state index contributed by atoms with van der Waals surface area (Å²) < 4.78 is 16.4. The molecule has 3 aromatic rings. The number of rotatable bonds is 5. The lowest BCUT2D eigenvalue weighted by Crippen LogP contribution is -2.19. The number of benzene rings is 2. The molecular weight excluding hydrogens is 459 g/mol. The molecule has 9 heteroatoms. The monoisotopic (exact) mass is 474 g/mol. The molecule has 0 radical (unpaired) electrons. The number of aliphatic imine (C=N–C) groups is 1. The van der Waals surface area contributed by atoms with E-state index in [1.165, 1.54) is 11.8 Å². The van der Waals surface area contributed by atoms with Crippen LogP contribution in [0.15, 0.2) is 62.8 Å². The van der Waals surface area contributed by atoms with E-state index in [2.05, 4.69) is 10.3 Å². The molecular formula is C22H16Cl2N2O4S. The highest BCUT2D eigenvalue weighted by atomic mass is 35.5. The Morgan fingerprint density at radius 1 is 1.06 bits per heavy atom. The van der Waals surface area contributed by atoms with Crippen molar-refractivity contribution in [3.8, 4) is 22.8 Å². The van der Waals surface area contributed by atoms with Crippen LogP contribution in [0.2, 0.25) is 10.0 Å². The molecule has 158 valence electrons. The summed E-state index contributed by atoms with van der Waals surface area (Å²) in [5, 5.41) is 4.26. The number of furan rings is 1. The molecule has 1 aliphatic heterocycles. The van der Waals surface area contributed by atoms with Gasteiger partial charge in [0, 0.05) is 22.7 Å². The van der Waals surface area contributed by atoms with E-state index in [-0.39, 0.29) is 5.91 Å². The first-order chi connectivity index (χ1) is 15.0. The summed E-state index contributed by atoms with van der Waals surface area (Å²) in [4.78, 5) is 17.3. The first-order valence-electron chi connectivity index (χ1n) is 9.03. The number of hydrogen-bond donors (Lipinski definition) is 1. The summed E-state index contributed by atoms with van der Waals surface area (Å²) in [6, 6.07) is 13.9. The molecule has 1 aliphatic rings. The summed E-state index contributed by atoms with van der Waals surface area (Å²) in [6.45, 7) is 0. The fraction of sp³-hybridized carbons (Fsp3) is 0.0909. The van der Waals surface area contributed by atoms with Crippen LogP contribution in [0.4, 0.5) is 5.69 Å². The maximum Gasteiger partial charge on any atom is 0.264 e. The number of nitrogens with zero attached hydrogens (tertiary/aromatic N) is 1. The summed E-state index contributed by atoms with van der Waals surface area (Å²) in [5.41, 5.74) is 1.25. The second kappa shape index (κ2) is 9.09. The standard InChI is InChI=1S/C22H16Cl2N2O4S/c1-28-13-4-7-17(19(10-13)29-2)25-22-26-21(27)20(31-22)11-14-5-8-18(30-14)15-9-12(23)3-6-16(15)24/h3-11H,1-2H3,(H,25,26,27)/b20-11+. The van der Waals surface area contributed by atoms with Crippen LogP contribution in [0.1, 0.15) is 5.76 Å². The molecule has 0 aliphatic carbocycles. The molecule has 6 nitrogen and oxygen atoms in total. The predicted octanol–water partition coefficient (Wildman–Crippen LogP) is 6.16. The Morgan fingerprint density at radius 3 is 2.68 bits per heavy atom. The van der Waals surface area contributed by atoms with Crippen LogP contribution >= 0.6 is 35.0 Å². The van der Waals surface area contributed by atoms with E-state index in [0.29, 0.717) is 54.4 Å². The number of hydrogen-bond acceptors (Lipinski definition) is 6. The average Bonchev–Trinajstić information content (AvgIpc) is 3.36. The van der Waals surface area contributed by atoms with Gasteiger partial charge in [0.05, 0.1) is 24.1 Å². The molecule has 1 saturated heterocycles. The van der Waals surface area contributed by atoms with E-state index in [1.807, 2.05) is 0 Å². The smallest absolute Gasteiger partial charge is 0.264 e. The van der Waals surface area contributed by atoms with Gasteiger partial charge in [-0.05, 0) is 54.2 Å². The van der Waals surface area contributed by atoms with Gasteiger partial charge in [0.15, 0.2) is 5.17 Å². The number of thioether (sulfide) groups is 1. The predicted molar refractivity (Wildman–Crippen MR) is 125 cm³/mol.